The lowest BCUT2D eigenvalue weighted by Crippen LogP contribution is -2.52. The third-order valence-corrected chi connectivity index (χ3v) is 5.14. The van der Waals surface area contributed by atoms with Gasteiger partial charge in [-0.05, 0) is 25.8 Å². The quantitative estimate of drug-likeness (QED) is 0.836. The monoisotopic (exact) mass is 335 g/mol. The SMILES string of the molecule is CNC(C(=O)N1CCN(CC2CCOCC2)CC1)c1cnn(C)c1. The number of nitrogens with zero attached hydrogens (tertiary/aromatic N) is 4. The van der Waals surface area contributed by atoms with Gasteiger partial charge in [-0.3, -0.25) is 14.4 Å². The van der Waals surface area contributed by atoms with Gasteiger partial charge in [-0.2, -0.15) is 5.10 Å². The topological polar surface area (TPSA) is 62.6 Å². The molecular formula is C17H29N5O2. The number of piperazine rings is 1. The number of hydrogen-bond donors (Lipinski definition) is 1. The first kappa shape index (κ1) is 17.4. The van der Waals surface area contributed by atoms with Crippen LogP contribution < -0.4 is 5.32 Å². The second-order valence-electron chi connectivity index (χ2n) is 6.85. The van der Waals surface area contributed by atoms with E-state index in [4.69, 9.17) is 4.74 Å². The van der Waals surface area contributed by atoms with E-state index in [1.165, 1.54) is 12.8 Å². The molecular weight excluding hydrogens is 306 g/mol. The highest BCUT2D eigenvalue weighted by Gasteiger charge is 2.29. The average molecular weight is 335 g/mol. The van der Waals surface area contributed by atoms with Gasteiger partial charge in [0, 0.05) is 64.7 Å². The summed E-state index contributed by atoms with van der Waals surface area (Å²) < 4.78 is 7.17. The zero-order valence-electron chi connectivity index (χ0n) is 14.8. The third kappa shape index (κ3) is 4.15. The van der Waals surface area contributed by atoms with Crippen LogP contribution in [0.25, 0.3) is 0 Å². The van der Waals surface area contributed by atoms with E-state index in [1.54, 1.807) is 10.9 Å². The number of hydrogen-bond acceptors (Lipinski definition) is 5. The molecule has 0 aliphatic carbocycles. The Morgan fingerprint density at radius 2 is 2.04 bits per heavy atom. The minimum absolute atomic E-state index is 0.149. The molecule has 0 radical (unpaired) electrons. The number of ether oxygens (including phenoxy) is 1. The van der Waals surface area contributed by atoms with Crippen molar-refractivity contribution in [3.8, 4) is 0 Å². The number of rotatable bonds is 5. The van der Waals surface area contributed by atoms with Crippen LogP contribution in [0, 0.1) is 5.92 Å². The first-order chi connectivity index (χ1) is 11.7. The molecule has 134 valence electrons. The van der Waals surface area contributed by atoms with E-state index in [-0.39, 0.29) is 11.9 Å². The number of aromatic nitrogens is 2. The van der Waals surface area contributed by atoms with Crippen molar-refractivity contribution in [2.45, 2.75) is 18.9 Å². The molecule has 1 aromatic heterocycles. The van der Waals surface area contributed by atoms with Gasteiger partial charge in [-0.1, -0.05) is 0 Å². The highest BCUT2D eigenvalue weighted by atomic mass is 16.5. The Kier molecular flexibility index (Phi) is 5.86. The smallest absolute Gasteiger partial charge is 0.244 e. The van der Waals surface area contributed by atoms with Gasteiger partial charge in [0.15, 0.2) is 0 Å². The van der Waals surface area contributed by atoms with Crippen LogP contribution in [0.15, 0.2) is 12.4 Å². The first-order valence-electron chi connectivity index (χ1n) is 8.92. The maximum atomic E-state index is 12.8. The lowest BCUT2D eigenvalue weighted by Gasteiger charge is -2.38. The maximum Gasteiger partial charge on any atom is 0.244 e. The molecule has 1 unspecified atom stereocenters. The molecule has 0 saturated carbocycles. The van der Waals surface area contributed by atoms with Gasteiger partial charge in [-0.15, -0.1) is 0 Å². The zero-order valence-corrected chi connectivity index (χ0v) is 14.8. The summed E-state index contributed by atoms with van der Waals surface area (Å²) in [6.45, 7) is 6.49. The van der Waals surface area contributed by atoms with Crippen molar-refractivity contribution in [2.24, 2.45) is 13.0 Å². The lowest BCUT2D eigenvalue weighted by molar-refractivity contribution is -0.135. The van der Waals surface area contributed by atoms with Gasteiger partial charge < -0.3 is 15.0 Å². The number of carbonyl (C=O) groups is 1. The lowest BCUT2D eigenvalue weighted by atomic mass is 9.99. The van der Waals surface area contributed by atoms with Gasteiger partial charge in [0.25, 0.3) is 0 Å². The average Bonchev–Trinajstić information content (AvgIpc) is 3.03. The first-order valence-corrected chi connectivity index (χ1v) is 8.92. The van der Waals surface area contributed by atoms with Crippen molar-refractivity contribution in [2.75, 3.05) is 53.0 Å². The molecule has 3 heterocycles. The van der Waals surface area contributed by atoms with E-state index >= 15 is 0 Å². The Balaban J connectivity index is 1.50. The fourth-order valence-corrected chi connectivity index (χ4v) is 3.65. The molecule has 2 saturated heterocycles. The summed E-state index contributed by atoms with van der Waals surface area (Å²) >= 11 is 0. The molecule has 2 fully saturated rings. The number of aryl methyl sites for hydroxylation is 1. The van der Waals surface area contributed by atoms with E-state index in [0.29, 0.717) is 0 Å². The maximum absolute atomic E-state index is 12.8. The molecule has 7 nitrogen and oxygen atoms in total. The second kappa shape index (κ2) is 8.09. The molecule has 24 heavy (non-hydrogen) atoms. The van der Waals surface area contributed by atoms with Crippen molar-refractivity contribution >= 4 is 5.91 Å². The van der Waals surface area contributed by atoms with Crippen LogP contribution in [0.4, 0.5) is 0 Å². The van der Waals surface area contributed by atoms with Gasteiger partial charge in [0.05, 0.1) is 6.20 Å². The van der Waals surface area contributed by atoms with E-state index in [2.05, 4.69) is 15.3 Å². The van der Waals surface area contributed by atoms with Gasteiger partial charge in [0.1, 0.15) is 6.04 Å². The van der Waals surface area contributed by atoms with Crippen molar-refractivity contribution < 1.29 is 9.53 Å². The van der Waals surface area contributed by atoms with Crippen LogP contribution >= 0.6 is 0 Å². The minimum atomic E-state index is -0.305. The van der Waals surface area contributed by atoms with Crippen molar-refractivity contribution in [1.82, 2.24) is 24.9 Å². The summed E-state index contributed by atoms with van der Waals surface area (Å²) in [4.78, 5) is 17.3. The van der Waals surface area contributed by atoms with E-state index < -0.39 is 0 Å². The summed E-state index contributed by atoms with van der Waals surface area (Å²) in [6, 6.07) is -0.305. The normalized spacial score (nSPS) is 21.8. The standard InChI is InChI=1S/C17H29N5O2/c1-18-16(15-11-19-20(2)13-15)17(23)22-7-5-21(6-8-22)12-14-3-9-24-10-4-14/h11,13-14,16,18H,3-10,12H2,1-2H3. The Bertz CT molecular complexity index is 533. The highest BCUT2D eigenvalue weighted by Crippen LogP contribution is 2.19. The van der Waals surface area contributed by atoms with E-state index in [9.17, 15) is 4.79 Å². The second-order valence-corrected chi connectivity index (χ2v) is 6.85. The van der Waals surface area contributed by atoms with Crippen LogP contribution in [0.2, 0.25) is 0 Å². The van der Waals surface area contributed by atoms with Crippen LogP contribution in [0.1, 0.15) is 24.4 Å². The van der Waals surface area contributed by atoms with Crippen LogP contribution in [0.3, 0.4) is 0 Å². The van der Waals surface area contributed by atoms with Crippen LogP contribution in [-0.4, -0.2) is 78.5 Å². The highest BCUT2D eigenvalue weighted by molar-refractivity contribution is 5.83. The van der Waals surface area contributed by atoms with Gasteiger partial charge in [0.2, 0.25) is 5.91 Å². The largest absolute Gasteiger partial charge is 0.381 e. The van der Waals surface area contributed by atoms with Gasteiger partial charge >= 0.3 is 0 Å². The van der Waals surface area contributed by atoms with Gasteiger partial charge in [-0.25, -0.2) is 0 Å². The molecule has 0 aromatic carbocycles. The zero-order chi connectivity index (χ0) is 16.9. The Morgan fingerprint density at radius 1 is 1.33 bits per heavy atom. The molecule has 2 aliphatic heterocycles. The third-order valence-electron chi connectivity index (χ3n) is 5.14. The fourth-order valence-electron chi connectivity index (χ4n) is 3.65. The minimum Gasteiger partial charge on any atom is -0.381 e. The summed E-state index contributed by atoms with van der Waals surface area (Å²) in [5.74, 6) is 0.901. The molecule has 0 spiro atoms. The molecule has 2 aliphatic rings. The van der Waals surface area contributed by atoms with Crippen LogP contribution in [-0.2, 0) is 16.6 Å². The number of amides is 1. The van der Waals surface area contributed by atoms with Crippen LogP contribution in [0.5, 0.6) is 0 Å². The van der Waals surface area contributed by atoms with Crippen molar-refractivity contribution in [3.63, 3.8) is 0 Å². The summed E-state index contributed by atoms with van der Waals surface area (Å²) in [7, 11) is 3.70. The molecule has 7 heteroatoms. The predicted octanol–water partition coefficient (Wildman–Crippen LogP) is 0.251. The molecule has 1 aromatic rings. The Labute approximate surface area is 143 Å². The molecule has 1 atom stereocenters. The van der Waals surface area contributed by atoms with Crippen molar-refractivity contribution in [3.05, 3.63) is 18.0 Å². The number of nitrogens with one attached hydrogen (secondary N) is 1. The number of carbonyl (C=O) groups excluding carboxylic acids is 1. The fraction of sp³-hybridized carbons (Fsp3) is 0.765. The Hall–Kier alpha value is -1.44. The summed E-state index contributed by atoms with van der Waals surface area (Å²) in [5.41, 5.74) is 0.926. The van der Waals surface area contributed by atoms with E-state index in [0.717, 1.165) is 57.4 Å². The Morgan fingerprint density at radius 3 is 2.62 bits per heavy atom. The molecule has 1 amide bonds. The van der Waals surface area contributed by atoms with Crippen molar-refractivity contribution in [1.29, 1.82) is 0 Å². The predicted molar refractivity (Wildman–Crippen MR) is 91.6 cm³/mol. The molecule has 3 rings (SSSR count). The van der Waals surface area contributed by atoms with E-state index in [1.807, 2.05) is 25.2 Å². The summed E-state index contributed by atoms with van der Waals surface area (Å²) in [6.07, 6.45) is 6.00. The molecule has 0 bridgehead atoms. The summed E-state index contributed by atoms with van der Waals surface area (Å²) in [5, 5.41) is 7.31. The number of likely N-dealkylation sites (N-methyl/N-ethyl adjacent to an activating group) is 1. The molecule has 1 N–H and O–H groups in total.